The molecule has 3 aliphatic rings. The predicted molar refractivity (Wildman–Crippen MR) is 237 cm³/mol. The zero-order valence-electron chi connectivity index (χ0n) is 31.1. The second kappa shape index (κ2) is 12.7. The van der Waals surface area contributed by atoms with E-state index in [1.165, 1.54) is 81.4 Å². The van der Waals surface area contributed by atoms with Gasteiger partial charge in [-0.2, -0.15) is 0 Å². The van der Waals surface area contributed by atoms with E-state index in [1.54, 1.807) is 0 Å². The first-order valence-corrected chi connectivity index (χ1v) is 20.1. The fourth-order valence-electron chi connectivity index (χ4n) is 11.1. The van der Waals surface area contributed by atoms with Crippen LogP contribution in [0.4, 0.5) is 17.1 Å². The molecule has 2 nitrogen and oxygen atoms in total. The molecule has 0 amide bonds. The standard InChI is InChI=1S/C54H39NO.CH4/c1-3-18-36(19-4-1)54(45-27-12-7-22-39(45)40-23-8-13-28-46(40)54)48-35-38(34-43-41-24-10-14-31-50(41)56-52(43)48)55(37-20-5-2-6-21-37)49-30-17-29-47-51(49)42-25-9-11-26-44(42)53(47)32-15-16-33-53;/h1-14,17-31,34-35H,15-16,32-33H2;1H4. The van der Waals surface area contributed by atoms with Gasteiger partial charge in [-0.05, 0) is 93.7 Å². The molecular formula is C55H43NO. The summed E-state index contributed by atoms with van der Waals surface area (Å²) in [7, 11) is 0. The van der Waals surface area contributed by atoms with E-state index in [0.717, 1.165) is 38.9 Å². The van der Waals surface area contributed by atoms with Crippen LogP contribution in [0.2, 0.25) is 0 Å². The van der Waals surface area contributed by atoms with Gasteiger partial charge in [0.25, 0.3) is 0 Å². The van der Waals surface area contributed by atoms with Crippen molar-refractivity contribution in [2.75, 3.05) is 4.90 Å². The third-order valence-corrected chi connectivity index (χ3v) is 13.3. The summed E-state index contributed by atoms with van der Waals surface area (Å²) in [6, 6.07) is 69.7. The predicted octanol–water partition coefficient (Wildman–Crippen LogP) is 14.9. The highest BCUT2D eigenvalue weighted by molar-refractivity contribution is 6.09. The Bertz CT molecular complexity index is 2940. The topological polar surface area (TPSA) is 16.4 Å². The molecule has 0 aliphatic heterocycles. The van der Waals surface area contributed by atoms with Crippen molar-refractivity contribution >= 4 is 39.0 Å². The molecule has 1 aromatic heterocycles. The highest BCUT2D eigenvalue weighted by Crippen LogP contribution is 2.62. The van der Waals surface area contributed by atoms with Crippen molar-refractivity contribution in [2.45, 2.75) is 43.9 Å². The summed E-state index contributed by atoms with van der Waals surface area (Å²) in [5.74, 6) is 0. The number of rotatable bonds is 5. The molecule has 1 fully saturated rings. The zero-order chi connectivity index (χ0) is 36.8. The molecule has 1 spiro atoms. The molecule has 0 unspecified atom stereocenters. The lowest BCUT2D eigenvalue weighted by Gasteiger charge is -2.35. The lowest BCUT2D eigenvalue weighted by molar-refractivity contribution is 0.550. The Balaban J connectivity index is 0.00000374. The van der Waals surface area contributed by atoms with Crippen molar-refractivity contribution in [1.29, 1.82) is 0 Å². The van der Waals surface area contributed by atoms with Crippen molar-refractivity contribution in [3.63, 3.8) is 0 Å². The lowest BCUT2D eigenvalue weighted by Crippen LogP contribution is -2.29. The summed E-state index contributed by atoms with van der Waals surface area (Å²) in [5, 5.41) is 2.24. The van der Waals surface area contributed by atoms with E-state index in [0.29, 0.717) is 0 Å². The number of nitrogens with zero attached hydrogens (tertiary/aromatic N) is 1. The minimum atomic E-state index is -0.641. The highest BCUT2D eigenvalue weighted by atomic mass is 16.3. The van der Waals surface area contributed by atoms with E-state index >= 15 is 0 Å². The van der Waals surface area contributed by atoms with Crippen molar-refractivity contribution in [1.82, 2.24) is 0 Å². The second-order valence-corrected chi connectivity index (χ2v) is 15.9. The minimum Gasteiger partial charge on any atom is -0.456 e. The van der Waals surface area contributed by atoms with Crippen molar-refractivity contribution in [2.24, 2.45) is 0 Å². The van der Waals surface area contributed by atoms with Crippen molar-refractivity contribution in [3.05, 3.63) is 221 Å². The van der Waals surface area contributed by atoms with Crippen LogP contribution in [0.5, 0.6) is 0 Å². The van der Waals surface area contributed by atoms with E-state index in [1.807, 2.05) is 0 Å². The largest absolute Gasteiger partial charge is 0.456 e. The van der Waals surface area contributed by atoms with E-state index in [9.17, 15) is 0 Å². The average Bonchev–Trinajstić information content (AvgIpc) is 4.04. The number of hydrogen-bond acceptors (Lipinski definition) is 2. The first-order chi connectivity index (χ1) is 27.8. The highest BCUT2D eigenvalue weighted by Gasteiger charge is 2.49. The van der Waals surface area contributed by atoms with Crippen LogP contribution in [0, 0.1) is 0 Å². The molecule has 12 rings (SSSR count). The Morgan fingerprint density at radius 3 is 1.74 bits per heavy atom. The Morgan fingerprint density at radius 2 is 1.02 bits per heavy atom. The van der Waals surface area contributed by atoms with Gasteiger partial charge in [0, 0.05) is 38.7 Å². The molecular weight excluding hydrogens is 691 g/mol. The van der Waals surface area contributed by atoms with Gasteiger partial charge in [0.2, 0.25) is 0 Å². The van der Waals surface area contributed by atoms with Crippen molar-refractivity contribution < 1.29 is 4.42 Å². The summed E-state index contributed by atoms with van der Waals surface area (Å²) >= 11 is 0. The number of fused-ring (bicyclic) bond motifs is 11. The SMILES string of the molecule is C.c1ccc(N(c2cc(C3(c4ccccc4)c4ccccc4-c4ccccc43)c3oc4ccccc4c3c2)c2cccc3c2-c2ccccc2C32CCCC2)cc1. The molecule has 2 heteroatoms. The summed E-state index contributed by atoms with van der Waals surface area (Å²) in [6.07, 6.45) is 4.92. The van der Waals surface area contributed by atoms with Gasteiger partial charge in [-0.25, -0.2) is 0 Å². The fourth-order valence-corrected chi connectivity index (χ4v) is 11.1. The van der Waals surface area contributed by atoms with Crippen LogP contribution in [0.3, 0.4) is 0 Å². The third-order valence-electron chi connectivity index (χ3n) is 13.3. The molecule has 0 bridgehead atoms. The van der Waals surface area contributed by atoms with Crippen LogP contribution in [-0.2, 0) is 10.8 Å². The monoisotopic (exact) mass is 733 g/mol. The molecule has 1 heterocycles. The first-order valence-electron chi connectivity index (χ1n) is 20.1. The molecule has 274 valence electrons. The van der Waals surface area contributed by atoms with Gasteiger partial charge in [-0.3, -0.25) is 0 Å². The summed E-state index contributed by atoms with van der Waals surface area (Å²) < 4.78 is 7.08. The minimum absolute atomic E-state index is 0. The summed E-state index contributed by atoms with van der Waals surface area (Å²) in [4.78, 5) is 2.53. The number of benzene rings is 8. The maximum atomic E-state index is 7.08. The normalized spacial score (nSPS) is 15.2. The van der Waals surface area contributed by atoms with Crippen LogP contribution >= 0.6 is 0 Å². The van der Waals surface area contributed by atoms with Gasteiger partial charge in [0.1, 0.15) is 11.2 Å². The van der Waals surface area contributed by atoms with Gasteiger partial charge in [0.05, 0.1) is 11.1 Å². The maximum absolute atomic E-state index is 7.08. The number of furan rings is 1. The van der Waals surface area contributed by atoms with Crippen LogP contribution in [-0.4, -0.2) is 0 Å². The summed E-state index contributed by atoms with van der Waals surface area (Å²) in [5.41, 5.74) is 17.8. The van der Waals surface area contributed by atoms with Gasteiger partial charge in [0.15, 0.2) is 0 Å². The molecule has 8 aromatic carbocycles. The average molecular weight is 734 g/mol. The first kappa shape index (κ1) is 33.7. The van der Waals surface area contributed by atoms with E-state index in [4.69, 9.17) is 4.42 Å². The number of anilines is 3. The Morgan fingerprint density at radius 1 is 0.439 bits per heavy atom. The Kier molecular flexibility index (Phi) is 7.50. The fraction of sp³-hybridized carbons (Fsp3) is 0.127. The summed E-state index contributed by atoms with van der Waals surface area (Å²) in [6.45, 7) is 0. The van der Waals surface area contributed by atoms with E-state index in [-0.39, 0.29) is 12.8 Å². The number of hydrogen-bond donors (Lipinski definition) is 0. The van der Waals surface area contributed by atoms with Crippen LogP contribution in [0.1, 0.15) is 66.5 Å². The molecule has 0 saturated heterocycles. The Hall–Kier alpha value is -6.64. The van der Waals surface area contributed by atoms with Gasteiger partial charge in [-0.15, -0.1) is 0 Å². The second-order valence-electron chi connectivity index (χ2n) is 15.9. The van der Waals surface area contributed by atoms with Gasteiger partial charge in [-0.1, -0.05) is 172 Å². The third kappa shape index (κ3) is 4.53. The molecule has 9 aromatic rings. The van der Waals surface area contributed by atoms with Gasteiger partial charge < -0.3 is 9.32 Å². The van der Waals surface area contributed by atoms with Crippen molar-refractivity contribution in [3.8, 4) is 22.3 Å². The molecule has 0 N–H and O–H groups in total. The van der Waals surface area contributed by atoms with Crippen LogP contribution < -0.4 is 4.90 Å². The van der Waals surface area contributed by atoms with E-state index < -0.39 is 5.41 Å². The maximum Gasteiger partial charge on any atom is 0.140 e. The quantitative estimate of drug-likeness (QED) is 0.175. The smallest absolute Gasteiger partial charge is 0.140 e. The molecule has 57 heavy (non-hydrogen) atoms. The molecule has 1 saturated carbocycles. The van der Waals surface area contributed by atoms with Gasteiger partial charge >= 0.3 is 0 Å². The van der Waals surface area contributed by atoms with Crippen LogP contribution in [0.25, 0.3) is 44.2 Å². The van der Waals surface area contributed by atoms with Crippen LogP contribution in [0.15, 0.2) is 192 Å². The molecule has 0 radical (unpaired) electrons. The molecule has 3 aliphatic carbocycles. The Labute approximate surface area is 334 Å². The number of para-hydroxylation sites is 2. The lowest BCUT2D eigenvalue weighted by atomic mass is 9.67. The van der Waals surface area contributed by atoms with E-state index in [2.05, 4.69) is 193 Å². The molecule has 0 atom stereocenters. The zero-order valence-corrected chi connectivity index (χ0v) is 31.1.